The molecule has 6 nitrogen and oxygen atoms in total. The molecule has 2 N–H and O–H groups in total. The summed E-state index contributed by atoms with van der Waals surface area (Å²) in [7, 11) is 0. The maximum Gasteiger partial charge on any atom is 0.252 e. The van der Waals surface area contributed by atoms with E-state index in [1.54, 1.807) is 6.21 Å². The van der Waals surface area contributed by atoms with E-state index in [1.165, 1.54) is 6.07 Å². The number of ether oxygens (including phenoxy) is 1. The van der Waals surface area contributed by atoms with E-state index < -0.39 is 0 Å². The number of nitrogens with zero attached hydrogens (tertiary/aromatic N) is 2. The Kier molecular flexibility index (Phi) is 5.77. The molecule has 0 aliphatic rings. The fourth-order valence-electron chi connectivity index (χ4n) is 2.34. The van der Waals surface area contributed by atoms with Crippen LogP contribution in [-0.2, 0) is 0 Å². The molecule has 3 aromatic rings. The van der Waals surface area contributed by atoms with Gasteiger partial charge in [-0.05, 0) is 24.1 Å². The Morgan fingerprint density at radius 1 is 1.15 bits per heavy atom. The van der Waals surface area contributed by atoms with E-state index in [0.717, 1.165) is 23.3 Å². The van der Waals surface area contributed by atoms with Crippen LogP contribution in [0.1, 0.15) is 18.9 Å². The summed E-state index contributed by atoms with van der Waals surface area (Å²) < 4.78 is 5.60. The van der Waals surface area contributed by atoms with Gasteiger partial charge in [0.1, 0.15) is 5.75 Å². The Balaban J connectivity index is 1.73. The van der Waals surface area contributed by atoms with E-state index in [2.05, 4.69) is 27.4 Å². The SMILES string of the molecule is CCCOc1cccc(/C=N/Nc2nc(-c3ccccc3)cc(=O)[nH]2)c1. The molecule has 0 fully saturated rings. The third kappa shape index (κ3) is 4.80. The first-order valence-electron chi connectivity index (χ1n) is 8.43. The molecule has 1 aromatic heterocycles. The van der Waals surface area contributed by atoms with Crippen molar-refractivity contribution in [3.63, 3.8) is 0 Å². The van der Waals surface area contributed by atoms with Crippen LogP contribution in [0.3, 0.4) is 0 Å². The summed E-state index contributed by atoms with van der Waals surface area (Å²) in [5, 5.41) is 4.15. The molecule has 132 valence electrons. The Bertz CT molecular complexity index is 936. The molecule has 0 radical (unpaired) electrons. The summed E-state index contributed by atoms with van der Waals surface area (Å²) in [6.07, 6.45) is 2.60. The molecule has 1 heterocycles. The van der Waals surface area contributed by atoms with Crippen molar-refractivity contribution in [3.05, 3.63) is 76.6 Å². The number of rotatable bonds is 7. The van der Waals surface area contributed by atoms with Crippen molar-refractivity contribution in [1.82, 2.24) is 9.97 Å². The van der Waals surface area contributed by atoms with E-state index >= 15 is 0 Å². The zero-order chi connectivity index (χ0) is 18.2. The van der Waals surface area contributed by atoms with Crippen LogP contribution < -0.4 is 15.7 Å². The quantitative estimate of drug-likeness (QED) is 0.504. The fourth-order valence-corrected chi connectivity index (χ4v) is 2.34. The van der Waals surface area contributed by atoms with E-state index in [4.69, 9.17) is 4.74 Å². The van der Waals surface area contributed by atoms with Crippen molar-refractivity contribution in [1.29, 1.82) is 0 Å². The van der Waals surface area contributed by atoms with E-state index in [0.29, 0.717) is 12.3 Å². The van der Waals surface area contributed by atoms with Gasteiger partial charge < -0.3 is 4.74 Å². The highest BCUT2D eigenvalue weighted by atomic mass is 16.5. The summed E-state index contributed by atoms with van der Waals surface area (Å²) in [5.74, 6) is 1.08. The van der Waals surface area contributed by atoms with Gasteiger partial charge in [-0.25, -0.2) is 10.4 Å². The summed E-state index contributed by atoms with van der Waals surface area (Å²) in [4.78, 5) is 18.9. The molecule has 0 saturated heterocycles. The zero-order valence-electron chi connectivity index (χ0n) is 14.5. The highest BCUT2D eigenvalue weighted by Gasteiger charge is 2.03. The number of hydrogen-bond acceptors (Lipinski definition) is 5. The van der Waals surface area contributed by atoms with Crippen LogP contribution in [0, 0.1) is 0 Å². The average molecular weight is 348 g/mol. The molecular formula is C20H20N4O2. The number of benzene rings is 2. The zero-order valence-corrected chi connectivity index (χ0v) is 14.5. The maximum atomic E-state index is 11.9. The second-order valence-corrected chi connectivity index (χ2v) is 5.64. The van der Waals surface area contributed by atoms with Crippen LogP contribution in [0.2, 0.25) is 0 Å². The van der Waals surface area contributed by atoms with Gasteiger partial charge in [0.15, 0.2) is 0 Å². The molecule has 6 heteroatoms. The predicted molar refractivity (Wildman–Crippen MR) is 104 cm³/mol. The smallest absolute Gasteiger partial charge is 0.252 e. The van der Waals surface area contributed by atoms with E-state index in [-0.39, 0.29) is 11.5 Å². The number of anilines is 1. The molecule has 0 saturated carbocycles. The minimum atomic E-state index is -0.244. The summed E-state index contributed by atoms with van der Waals surface area (Å²) in [6, 6.07) is 18.6. The number of H-pyrrole nitrogens is 1. The summed E-state index contributed by atoms with van der Waals surface area (Å²) in [6.45, 7) is 2.74. The minimum Gasteiger partial charge on any atom is -0.494 e. The van der Waals surface area contributed by atoms with Crippen molar-refractivity contribution in [2.45, 2.75) is 13.3 Å². The van der Waals surface area contributed by atoms with Crippen LogP contribution in [0.5, 0.6) is 5.75 Å². The van der Waals surface area contributed by atoms with Gasteiger partial charge in [-0.2, -0.15) is 5.10 Å². The minimum absolute atomic E-state index is 0.244. The first-order chi connectivity index (χ1) is 12.7. The highest BCUT2D eigenvalue weighted by Crippen LogP contribution is 2.15. The second-order valence-electron chi connectivity index (χ2n) is 5.64. The standard InChI is InChI=1S/C20H20N4O2/c1-2-11-26-17-10-6-7-15(12-17)14-21-24-20-22-18(13-19(25)23-20)16-8-4-3-5-9-16/h3-10,12-14H,2,11H2,1H3,(H2,22,23,24,25)/b21-14+. The van der Waals surface area contributed by atoms with Crippen molar-refractivity contribution >= 4 is 12.2 Å². The largest absolute Gasteiger partial charge is 0.494 e. The number of hydrogen-bond donors (Lipinski definition) is 2. The van der Waals surface area contributed by atoms with Gasteiger partial charge in [0.05, 0.1) is 18.5 Å². The predicted octanol–water partition coefficient (Wildman–Crippen LogP) is 3.67. The van der Waals surface area contributed by atoms with Crippen molar-refractivity contribution < 1.29 is 4.74 Å². The van der Waals surface area contributed by atoms with Gasteiger partial charge in [0.2, 0.25) is 5.95 Å². The molecular weight excluding hydrogens is 328 g/mol. The second kappa shape index (κ2) is 8.62. The number of hydrazone groups is 1. The number of nitrogens with one attached hydrogen (secondary N) is 2. The van der Waals surface area contributed by atoms with Gasteiger partial charge in [-0.1, -0.05) is 49.4 Å². The molecule has 0 amide bonds. The Morgan fingerprint density at radius 2 is 2.00 bits per heavy atom. The lowest BCUT2D eigenvalue weighted by Crippen LogP contribution is -2.10. The Morgan fingerprint density at radius 3 is 2.81 bits per heavy atom. The first kappa shape index (κ1) is 17.4. The monoisotopic (exact) mass is 348 g/mol. The third-order valence-electron chi connectivity index (χ3n) is 3.53. The van der Waals surface area contributed by atoms with Gasteiger partial charge in [0, 0.05) is 11.6 Å². The molecule has 0 aliphatic carbocycles. The van der Waals surface area contributed by atoms with E-state index in [1.807, 2.05) is 54.6 Å². The van der Waals surface area contributed by atoms with E-state index in [9.17, 15) is 4.79 Å². The van der Waals surface area contributed by atoms with Crippen LogP contribution >= 0.6 is 0 Å². The summed E-state index contributed by atoms with van der Waals surface area (Å²) >= 11 is 0. The normalized spacial score (nSPS) is 10.8. The number of aromatic amines is 1. The molecule has 0 unspecified atom stereocenters. The molecule has 3 rings (SSSR count). The Labute approximate surface area is 151 Å². The highest BCUT2D eigenvalue weighted by molar-refractivity contribution is 5.80. The lowest BCUT2D eigenvalue weighted by molar-refractivity contribution is 0.317. The van der Waals surface area contributed by atoms with Crippen LogP contribution in [0.25, 0.3) is 11.3 Å². The molecule has 26 heavy (non-hydrogen) atoms. The van der Waals surface area contributed by atoms with Gasteiger partial charge in [0.25, 0.3) is 5.56 Å². The van der Waals surface area contributed by atoms with Gasteiger partial charge >= 0.3 is 0 Å². The fraction of sp³-hybridized carbons (Fsp3) is 0.150. The van der Waals surface area contributed by atoms with Crippen LogP contribution in [-0.4, -0.2) is 22.8 Å². The molecule has 2 aromatic carbocycles. The molecule has 0 aliphatic heterocycles. The van der Waals surface area contributed by atoms with Crippen LogP contribution in [0.4, 0.5) is 5.95 Å². The lowest BCUT2D eigenvalue weighted by atomic mass is 10.1. The average Bonchev–Trinajstić information content (AvgIpc) is 2.67. The van der Waals surface area contributed by atoms with Gasteiger partial charge in [-0.15, -0.1) is 0 Å². The van der Waals surface area contributed by atoms with Crippen molar-refractivity contribution in [2.24, 2.45) is 5.10 Å². The molecule has 0 bridgehead atoms. The third-order valence-corrected chi connectivity index (χ3v) is 3.53. The molecule has 0 atom stereocenters. The van der Waals surface area contributed by atoms with Crippen molar-refractivity contribution in [2.75, 3.05) is 12.0 Å². The van der Waals surface area contributed by atoms with Gasteiger partial charge in [-0.3, -0.25) is 9.78 Å². The van der Waals surface area contributed by atoms with Crippen LogP contribution in [0.15, 0.2) is 70.6 Å². The summed E-state index contributed by atoms with van der Waals surface area (Å²) in [5.41, 5.74) is 4.86. The molecule has 0 spiro atoms. The maximum absolute atomic E-state index is 11.9. The topological polar surface area (TPSA) is 79.4 Å². The lowest BCUT2D eigenvalue weighted by Gasteiger charge is -2.05. The Hall–Kier alpha value is -3.41. The number of aromatic nitrogens is 2. The van der Waals surface area contributed by atoms with Crippen molar-refractivity contribution in [3.8, 4) is 17.0 Å². The first-order valence-corrected chi connectivity index (χ1v) is 8.43.